The molecule has 1 N–H and O–H groups in total. The third kappa shape index (κ3) is 2.93. The molecule has 0 radical (unpaired) electrons. The van der Waals surface area contributed by atoms with Crippen LogP contribution in [0.5, 0.6) is 0 Å². The van der Waals surface area contributed by atoms with Crippen molar-refractivity contribution in [2.45, 2.75) is 52.7 Å². The number of aromatic amines is 1. The predicted octanol–water partition coefficient (Wildman–Crippen LogP) is 2.02. The number of H-pyrrole nitrogens is 1. The summed E-state index contributed by atoms with van der Waals surface area (Å²) in [5.74, 6) is 0. The van der Waals surface area contributed by atoms with Crippen molar-refractivity contribution in [1.29, 1.82) is 0 Å². The molecule has 0 unspecified atom stereocenters. The second-order valence-corrected chi connectivity index (χ2v) is 5.60. The van der Waals surface area contributed by atoms with Gasteiger partial charge in [-0.05, 0) is 27.2 Å². The molecule has 1 aromatic heterocycles. The Kier molecular flexibility index (Phi) is 4.40. The molecule has 2 rings (SSSR count). The molecule has 2 heterocycles. The number of aromatic nitrogens is 2. The molecule has 0 spiro atoms. The summed E-state index contributed by atoms with van der Waals surface area (Å²) >= 11 is 0. The molecule has 0 aliphatic carbocycles. The Labute approximate surface area is 110 Å². The molecule has 4 nitrogen and oxygen atoms in total. The topological polar surface area (TPSA) is 35.2 Å². The highest BCUT2D eigenvalue weighted by Crippen LogP contribution is 2.17. The zero-order valence-electron chi connectivity index (χ0n) is 12.1. The summed E-state index contributed by atoms with van der Waals surface area (Å²) in [6.07, 6.45) is 3.03. The highest BCUT2D eigenvalue weighted by atomic mass is 15.3. The predicted molar refractivity (Wildman–Crippen MR) is 74.5 cm³/mol. The third-order valence-electron chi connectivity index (χ3n) is 4.05. The normalized spacial score (nSPS) is 22.8. The van der Waals surface area contributed by atoms with Gasteiger partial charge in [0, 0.05) is 44.0 Å². The number of hydrogen-bond donors (Lipinski definition) is 1. The van der Waals surface area contributed by atoms with E-state index in [-0.39, 0.29) is 0 Å². The average Bonchev–Trinajstić information content (AvgIpc) is 2.74. The van der Waals surface area contributed by atoms with E-state index in [2.05, 4.69) is 47.5 Å². The van der Waals surface area contributed by atoms with Crippen molar-refractivity contribution in [2.75, 3.05) is 19.6 Å². The second-order valence-electron chi connectivity index (χ2n) is 5.60. The first-order chi connectivity index (χ1) is 8.61. The van der Waals surface area contributed by atoms with Crippen LogP contribution in [0, 0.1) is 6.92 Å². The van der Waals surface area contributed by atoms with Gasteiger partial charge in [0.15, 0.2) is 0 Å². The van der Waals surface area contributed by atoms with Gasteiger partial charge in [0.05, 0.1) is 12.0 Å². The van der Waals surface area contributed by atoms with Crippen molar-refractivity contribution < 1.29 is 0 Å². The van der Waals surface area contributed by atoms with Crippen LogP contribution in [0.15, 0.2) is 6.33 Å². The van der Waals surface area contributed by atoms with Gasteiger partial charge in [-0.1, -0.05) is 6.92 Å². The van der Waals surface area contributed by atoms with Crippen LogP contribution in [0.2, 0.25) is 0 Å². The van der Waals surface area contributed by atoms with Gasteiger partial charge >= 0.3 is 0 Å². The van der Waals surface area contributed by atoms with Gasteiger partial charge in [0.25, 0.3) is 0 Å². The summed E-state index contributed by atoms with van der Waals surface area (Å²) in [6.45, 7) is 13.5. The lowest BCUT2D eigenvalue weighted by molar-refractivity contribution is 0.0451. The van der Waals surface area contributed by atoms with Crippen molar-refractivity contribution >= 4 is 0 Å². The monoisotopic (exact) mass is 250 g/mol. The van der Waals surface area contributed by atoms with Crippen LogP contribution < -0.4 is 0 Å². The Bertz CT molecular complexity index is 372. The fraction of sp³-hybridized carbons (Fsp3) is 0.786. The minimum atomic E-state index is 0.657. The van der Waals surface area contributed by atoms with Gasteiger partial charge in [-0.25, -0.2) is 4.98 Å². The van der Waals surface area contributed by atoms with Gasteiger partial charge < -0.3 is 4.98 Å². The molecule has 1 aromatic rings. The van der Waals surface area contributed by atoms with E-state index in [0.29, 0.717) is 12.1 Å². The fourth-order valence-electron chi connectivity index (χ4n) is 2.88. The third-order valence-corrected chi connectivity index (χ3v) is 4.05. The van der Waals surface area contributed by atoms with E-state index < -0.39 is 0 Å². The molecule has 0 saturated carbocycles. The highest BCUT2D eigenvalue weighted by molar-refractivity contribution is 5.08. The molecule has 0 aromatic carbocycles. The Hall–Kier alpha value is -0.870. The molecule has 1 aliphatic heterocycles. The molecule has 1 aliphatic rings. The first-order valence-electron chi connectivity index (χ1n) is 7.08. The zero-order chi connectivity index (χ0) is 13.1. The maximum Gasteiger partial charge on any atom is 0.0925 e. The molecular formula is C14H26N4. The van der Waals surface area contributed by atoms with E-state index in [1.54, 1.807) is 6.33 Å². The molecule has 18 heavy (non-hydrogen) atoms. The quantitative estimate of drug-likeness (QED) is 0.888. The fourth-order valence-corrected chi connectivity index (χ4v) is 2.88. The number of nitrogens with one attached hydrogen (secondary N) is 1. The Morgan fingerprint density at radius 3 is 2.78 bits per heavy atom. The molecule has 1 fully saturated rings. The number of imidazole rings is 1. The largest absolute Gasteiger partial charge is 0.348 e. The Morgan fingerprint density at radius 2 is 2.22 bits per heavy atom. The van der Waals surface area contributed by atoms with Gasteiger partial charge in [-0.2, -0.15) is 0 Å². The van der Waals surface area contributed by atoms with Crippen molar-refractivity contribution in [1.82, 2.24) is 19.8 Å². The van der Waals surface area contributed by atoms with E-state index in [4.69, 9.17) is 0 Å². The lowest BCUT2D eigenvalue weighted by Crippen LogP contribution is -2.54. The zero-order valence-corrected chi connectivity index (χ0v) is 12.1. The first kappa shape index (κ1) is 13.6. The number of piperazine rings is 1. The van der Waals surface area contributed by atoms with Crippen molar-refractivity contribution in [3.63, 3.8) is 0 Å². The Balaban J connectivity index is 1.95. The molecule has 1 saturated heterocycles. The van der Waals surface area contributed by atoms with Crippen LogP contribution in [0.3, 0.4) is 0 Å². The number of rotatable bonds is 4. The maximum atomic E-state index is 4.40. The SMILES string of the molecule is CC[C@H]1CN(Cc2nc[nH]c2C)CCN1C(C)C. The summed E-state index contributed by atoms with van der Waals surface area (Å²) in [5, 5.41) is 0. The number of aryl methyl sites for hydroxylation is 1. The molecule has 0 amide bonds. The van der Waals surface area contributed by atoms with Gasteiger partial charge in [0.2, 0.25) is 0 Å². The molecule has 102 valence electrons. The molecular weight excluding hydrogens is 224 g/mol. The van der Waals surface area contributed by atoms with Crippen LogP contribution >= 0.6 is 0 Å². The Morgan fingerprint density at radius 1 is 1.44 bits per heavy atom. The standard InChI is InChI=1S/C14H26N4/c1-5-13-8-17(6-7-18(13)11(2)3)9-14-12(4)15-10-16-14/h10-11,13H,5-9H2,1-4H3,(H,15,16)/t13-/m0/s1. The lowest BCUT2D eigenvalue weighted by Gasteiger charge is -2.43. The number of hydrogen-bond acceptors (Lipinski definition) is 3. The van der Waals surface area contributed by atoms with Crippen LogP contribution in [0.25, 0.3) is 0 Å². The van der Waals surface area contributed by atoms with E-state index in [0.717, 1.165) is 13.1 Å². The van der Waals surface area contributed by atoms with E-state index >= 15 is 0 Å². The van der Waals surface area contributed by atoms with Crippen LogP contribution in [0.1, 0.15) is 38.6 Å². The summed E-state index contributed by atoms with van der Waals surface area (Å²) in [7, 11) is 0. The van der Waals surface area contributed by atoms with Crippen molar-refractivity contribution in [3.05, 3.63) is 17.7 Å². The van der Waals surface area contributed by atoms with Gasteiger partial charge in [-0.3, -0.25) is 9.80 Å². The molecule has 1 atom stereocenters. The van der Waals surface area contributed by atoms with Crippen LogP contribution in [-0.2, 0) is 6.54 Å². The average molecular weight is 250 g/mol. The summed E-state index contributed by atoms with van der Waals surface area (Å²) < 4.78 is 0. The van der Waals surface area contributed by atoms with Crippen molar-refractivity contribution in [2.24, 2.45) is 0 Å². The lowest BCUT2D eigenvalue weighted by atomic mass is 10.1. The van der Waals surface area contributed by atoms with Crippen molar-refractivity contribution in [3.8, 4) is 0 Å². The minimum Gasteiger partial charge on any atom is -0.348 e. The summed E-state index contributed by atoms with van der Waals surface area (Å²) in [4.78, 5) is 12.7. The van der Waals surface area contributed by atoms with Crippen LogP contribution in [0.4, 0.5) is 0 Å². The smallest absolute Gasteiger partial charge is 0.0925 e. The van der Waals surface area contributed by atoms with E-state index in [1.807, 2.05) is 0 Å². The summed E-state index contributed by atoms with van der Waals surface area (Å²) in [5.41, 5.74) is 2.40. The number of nitrogens with zero attached hydrogens (tertiary/aromatic N) is 3. The van der Waals surface area contributed by atoms with Gasteiger partial charge in [0.1, 0.15) is 0 Å². The first-order valence-corrected chi connectivity index (χ1v) is 7.08. The highest BCUT2D eigenvalue weighted by Gasteiger charge is 2.27. The van der Waals surface area contributed by atoms with E-state index in [9.17, 15) is 0 Å². The summed E-state index contributed by atoms with van der Waals surface area (Å²) in [6, 6.07) is 1.35. The maximum absolute atomic E-state index is 4.40. The minimum absolute atomic E-state index is 0.657. The molecule has 4 heteroatoms. The second kappa shape index (κ2) is 5.85. The van der Waals surface area contributed by atoms with Crippen LogP contribution in [-0.4, -0.2) is 51.5 Å². The van der Waals surface area contributed by atoms with Gasteiger partial charge in [-0.15, -0.1) is 0 Å². The van der Waals surface area contributed by atoms with E-state index in [1.165, 1.54) is 30.9 Å². The molecule has 0 bridgehead atoms.